The van der Waals surface area contributed by atoms with E-state index in [1.807, 2.05) is 18.2 Å². The van der Waals surface area contributed by atoms with Gasteiger partial charge in [0.25, 0.3) is 6.43 Å². The minimum atomic E-state index is -2.39. The highest BCUT2D eigenvalue weighted by Gasteiger charge is 2.29. The number of hydrogen-bond acceptors (Lipinski definition) is 3. The maximum Gasteiger partial charge on any atom is 0.261 e. The third-order valence-electron chi connectivity index (χ3n) is 3.80. The first-order chi connectivity index (χ1) is 10.2. The summed E-state index contributed by atoms with van der Waals surface area (Å²) in [6.45, 7) is 4.62. The van der Waals surface area contributed by atoms with E-state index < -0.39 is 13.0 Å². The smallest absolute Gasteiger partial charge is 0.261 e. The number of fused-ring (bicyclic) bond motifs is 1. The maximum atomic E-state index is 12.1. The third kappa shape index (κ3) is 3.06. The maximum absolute atomic E-state index is 12.1. The Labute approximate surface area is 122 Å². The van der Waals surface area contributed by atoms with Gasteiger partial charge in [-0.25, -0.2) is 13.8 Å². The molecule has 1 fully saturated rings. The fraction of sp³-hybridized carbons (Fsp3) is 0.533. The van der Waals surface area contributed by atoms with Crippen LogP contribution in [0.4, 0.5) is 8.78 Å². The highest BCUT2D eigenvalue weighted by atomic mass is 19.3. The van der Waals surface area contributed by atoms with Crippen LogP contribution in [0, 0.1) is 0 Å². The molecule has 1 saturated heterocycles. The first-order valence-electron chi connectivity index (χ1n) is 7.23. The number of benzene rings is 1. The standard InChI is InChI=1S/C15H19F2N3O/c1-2-20-13-6-4-3-5-12(13)18-15(20)9-19-7-11(8-19)21-10-14(16)17/h3-6,11,14H,2,7-10H2,1H3. The molecule has 0 bridgehead atoms. The molecule has 6 heteroatoms. The van der Waals surface area contributed by atoms with E-state index in [0.717, 1.165) is 29.9 Å². The van der Waals surface area contributed by atoms with Gasteiger partial charge in [-0.1, -0.05) is 12.1 Å². The van der Waals surface area contributed by atoms with Crippen LogP contribution in [0.2, 0.25) is 0 Å². The van der Waals surface area contributed by atoms with Crippen molar-refractivity contribution in [1.29, 1.82) is 0 Å². The molecule has 114 valence electrons. The van der Waals surface area contributed by atoms with Crippen molar-refractivity contribution in [2.24, 2.45) is 0 Å². The molecule has 0 radical (unpaired) electrons. The lowest BCUT2D eigenvalue weighted by Gasteiger charge is -2.38. The van der Waals surface area contributed by atoms with Gasteiger partial charge in [-0.15, -0.1) is 0 Å². The molecule has 3 rings (SSSR count). The number of aromatic nitrogens is 2. The van der Waals surface area contributed by atoms with Gasteiger partial charge in [-0.05, 0) is 19.1 Å². The molecule has 1 aromatic heterocycles. The van der Waals surface area contributed by atoms with Gasteiger partial charge < -0.3 is 9.30 Å². The van der Waals surface area contributed by atoms with Crippen LogP contribution in [0.1, 0.15) is 12.7 Å². The van der Waals surface area contributed by atoms with Crippen LogP contribution in [-0.2, 0) is 17.8 Å². The summed E-state index contributed by atoms with van der Waals surface area (Å²) in [7, 11) is 0. The number of halogens is 2. The number of likely N-dealkylation sites (tertiary alicyclic amines) is 1. The van der Waals surface area contributed by atoms with E-state index in [1.165, 1.54) is 0 Å². The molecule has 2 aromatic rings. The molecule has 4 nitrogen and oxygen atoms in total. The average molecular weight is 295 g/mol. The summed E-state index contributed by atoms with van der Waals surface area (Å²) in [6, 6.07) is 8.07. The third-order valence-corrected chi connectivity index (χ3v) is 3.80. The summed E-state index contributed by atoms with van der Waals surface area (Å²) < 4.78 is 31.4. The molecule has 1 aromatic carbocycles. The number of rotatable bonds is 6. The SMILES string of the molecule is CCn1c(CN2CC(OCC(F)F)C2)nc2ccccc21. The van der Waals surface area contributed by atoms with Crippen LogP contribution in [0.25, 0.3) is 11.0 Å². The molecule has 1 aliphatic rings. The summed E-state index contributed by atoms with van der Waals surface area (Å²) in [4.78, 5) is 6.84. The van der Waals surface area contributed by atoms with Gasteiger partial charge in [0.1, 0.15) is 12.4 Å². The van der Waals surface area contributed by atoms with Gasteiger partial charge >= 0.3 is 0 Å². The normalized spacial score (nSPS) is 16.8. The average Bonchev–Trinajstić information content (AvgIpc) is 2.78. The Balaban J connectivity index is 1.62. The Morgan fingerprint density at radius 1 is 1.33 bits per heavy atom. The fourth-order valence-electron chi connectivity index (χ4n) is 2.76. The van der Waals surface area contributed by atoms with Gasteiger partial charge in [-0.3, -0.25) is 4.90 Å². The van der Waals surface area contributed by atoms with Crippen molar-refractivity contribution < 1.29 is 13.5 Å². The molecule has 0 N–H and O–H groups in total. The lowest BCUT2D eigenvalue weighted by Crippen LogP contribution is -2.52. The molecule has 2 heterocycles. The van der Waals surface area contributed by atoms with Gasteiger partial charge in [0.05, 0.1) is 23.7 Å². The van der Waals surface area contributed by atoms with Gasteiger partial charge in [-0.2, -0.15) is 0 Å². The molecule has 21 heavy (non-hydrogen) atoms. The van der Waals surface area contributed by atoms with Crippen molar-refractivity contribution in [2.75, 3.05) is 19.7 Å². The van der Waals surface area contributed by atoms with E-state index in [-0.39, 0.29) is 6.10 Å². The highest BCUT2D eigenvalue weighted by Crippen LogP contribution is 2.20. The van der Waals surface area contributed by atoms with Crippen molar-refractivity contribution in [1.82, 2.24) is 14.5 Å². The topological polar surface area (TPSA) is 30.3 Å². The lowest BCUT2D eigenvalue weighted by atomic mass is 10.1. The molecule has 0 atom stereocenters. The molecule has 0 aliphatic carbocycles. The number of ether oxygens (including phenoxy) is 1. The molecule has 0 unspecified atom stereocenters. The summed E-state index contributed by atoms with van der Waals surface area (Å²) in [5.41, 5.74) is 2.14. The first-order valence-corrected chi connectivity index (χ1v) is 7.23. The minimum Gasteiger partial charge on any atom is -0.370 e. The Morgan fingerprint density at radius 2 is 2.10 bits per heavy atom. The number of hydrogen-bond donors (Lipinski definition) is 0. The van der Waals surface area contributed by atoms with Crippen molar-refractivity contribution >= 4 is 11.0 Å². The number of aryl methyl sites for hydroxylation is 1. The van der Waals surface area contributed by atoms with E-state index in [0.29, 0.717) is 13.1 Å². The van der Waals surface area contributed by atoms with E-state index >= 15 is 0 Å². The quantitative estimate of drug-likeness (QED) is 0.820. The van der Waals surface area contributed by atoms with Crippen molar-refractivity contribution in [2.45, 2.75) is 32.5 Å². The summed E-state index contributed by atoms with van der Waals surface area (Å²) in [5.74, 6) is 1.02. The Morgan fingerprint density at radius 3 is 2.81 bits per heavy atom. The van der Waals surface area contributed by atoms with E-state index in [9.17, 15) is 8.78 Å². The second kappa shape index (κ2) is 6.07. The van der Waals surface area contributed by atoms with Crippen molar-refractivity contribution in [3.63, 3.8) is 0 Å². The summed E-state index contributed by atoms with van der Waals surface area (Å²) in [6.07, 6.45) is -2.46. The van der Waals surface area contributed by atoms with Gasteiger partial charge in [0, 0.05) is 19.6 Å². The zero-order chi connectivity index (χ0) is 14.8. The summed E-state index contributed by atoms with van der Waals surface area (Å²) >= 11 is 0. The van der Waals surface area contributed by atoms with Crippen molar-refractivity contribution in [3.8, 4) is 0 Å². The molecular formula is C15H19F2N3O. The Hall–Kier alpha value is -1.53. The van der Waals surface area contributed by atoms with Crippen LogP contribution in [0.3, 0.4) is 0 Å². The Bertz CT molecular complexity index is 608. The fourth-order valence-corrected chi connectivity index (χ4v) is 2.76. The number of para-hydroxylation sites is 2. The van der Waals surface area contributed by atoms with Crippen LogP contribution in [-0.4, -0.2) is 46.7 Å². The molecule has 1 aliphatic heterocycles. The predicted octanol–water partition coefficient (Wildman–Crippen LogP) is 2.52. The monoisotopic (exact) mass is 295 g/mol. The predicted molar refractivity (Wildman–Crippen MR) is 76.4 cm³/mol. The van der Waals surface area contributed by atoms with E-state index in [1.54, 1.807) is 0 Å². The second-order valence-electron chi connectivity index (χ2n) is 5.30. The molecule has 0 spiro atoms. The van der Waals surface area contributed by atoms with Crippen molar-refractivity contribution in [3.05, 3.63) is 30.1 Å². The summed E-state index contributed by atoms with van der Waals surface area (Å²) in [5, 5.41) is 0. The first kappa shape index (κ1) is 14.4. The molecule has 0 saturated carbocycles. The van der Waals surface area contributed by atoms with E-state index in [4.69, 9.17) is 4.74 Å². The van der Waals surface area contributed by atoms with Crippen LogP contribution in [0.5, 0.6) is 0 Å². The Kier molecular flexibility index (Phi) is 4.17. The minimum absolute atomic E-state index is 0.0709. The lowest BCUT2D eigenvalue weighted by molar-refractivity contribution is -0.0911. The van der Waals surface area contributed by atoms with E-state index in [2.05, 4.69) is 27.4 Å². The number of nitrogens with zero attached hydrogens (tertiary/aromatic N) is 3. The van der Waals surface area contributed by atoms with Crippen LogP contribution in [0.15, 0.2) is 24.3 Å². The zero-order valence-electron chi connectivity index (χ0n) is 12.0. The van der Waals surface area contributed by atoms with Crippen LogP contribution >= 0.6 is 0 Å². The molecular weight excluding hydrogens is 276 g/mol. The van der Waals surface area contributed by atoms with Gasteiger partial charge in [0.2, 0.25) is 0 Å². The zero-order valence-corrected chi connectivity index (χ0v) is 12.0. The highest BCUT2D eigenvalue weighted by molar-refractivity contribution is 5.75. The van der Waals surface area contributed by atoms with Gasteiger partial charge in [0.15, 0.2) is 0 Å². The number of alkyl halides is 2. The van der Waals surface area contributed by atoms with Crippen LogP contribution < -0.4 is 0 Å². The number of imidazole rings is 1. The largest absolute Gasteiger partial charge is 0.370 e. The molecule has 0 amide bonds. The second-order valence-corrected chi connectivity index (χ2v) is 5.30.